The van der Waals surface area contributed by atoms with E-state index in [4.69, 9.17) is 0 Å². The molecule has 4 aromatic heterocycles. The van der Waals surface area contributed by atoms with E-state index in [1.54, 1.807) is 24.5 Å². The van der Waals surface area contributed by atoms with E-state index in [0.717, 1.165) is 22.3 Å². The lowest BCUT2D eigenvalue weighted by atomic mass is 10.1. The van der Waals surface area contributed by atoms with Gasteiger partial charge in [0.2, 0.25) is 0 Å². The van der Waals surface area contributed by atoms with E-state index < -0.39 is 0 Å². The van der Waals surface area contributed by atoms with Crippen molar-refractivity contribution in [2.24, 2.45) is 0 Å². The van der Waals surface area contributed by atoms with Gasteiger partial charge in [-0.2, -0.15) is 0 Å². The first kappa shape index (κ1) is 14.3. The van der Waals surface area contributed by atoms with E-state index in [0.29, 0.717) is 11.6 Å². The molecule has 0 aromatic carbocycles. The number of anilines is 2. The SMILES string of the molecule is OCc1ccnc(Nc2cn3cc(-c4cccnc4)ccc3n2)c1. The molecule has 0 amide bonds. The molecule has 0 saturated heterocycles. The molecule has 0 saturated carbocycles. The maximum Gasteiger partial charge on any atom is 0.150 e. The summed E-state index contributed by atoms with van der Waals surface area (Å²) in [4.78, 5) is 12.9. The first-order valence-corrected chi connectivity index (χ1v) is 7.54. The van der Waals surface area contributed by atoms with Crippen molar-refractivity contribution < 1.29 is 5.11 Å². The third-order valence-electron chi connectivity index (χ3n) is 3.71. The molecular formula is C18H15N5O. The van der Waals surface area contributed by atoms with E-state index in [2.05, 4.69) is 20.3 Å². The van der Waals surface area contributed by atoms with Crippen LogP contribution in [0.4, 0.5) is 11.6 Å². The fraction of sp³-hybridized carbons (Fsp3) is 0.0556. The van der Waals surface area contributed by atoms with Crippen LogP contribution >= 0.6 is 0 Å². The first-order valence-electron chi connectivity index (χ1n) is 7.54. The molecule has 2 N–H and O–H groups in total. The molecule has 4 rings (SSSR count). The molecule has 4 aromatic rings. The Kier molecular flexibility index (Phi) is 3.64. The molecule has 6 nitrogen and oxygen atoms in total. The molecule has 0 fully saturated rings. The zero-order chi connectivity index (χ0) is 16.4. The van der Waals surface area contributed by atoms with Crippen LogP contribution in [0.3, 0.4) is 0 Å². The summed E-state index contributed by atoms with van der Waals surface area (Å²) >= 11 is 0. The Morgan fingerprint density at radius 3 is 2.79 bits per heavy atom. The van der Waals surface area contributed by atoms with Gasteiger partial charge in [0.05, 0.1) is 12.8 Å². The van der Waals surface area contributed by atoms with Crippen molar-refractivity contribution in [2.45, 2.75) is 6.61 Å². The van der Waals surface area contributed by atoms with Crippen LogP contribution in [0.2, 0.25) is 0 Å². The third kappa shape index (κ3) is 2.82. The third-order valence-corrected chi connectivity index (χ3v) is 3.71. The van der Waals surface area contributed by atoms with Crippen LogP contribution in [-0.4, -0.2) is 24.5 Å². The van der Waals surface area contributed by atoms with Crippen molar-refractivity contribution in [3.05, 3.63) is 72.9 Å². The molecule has 0 bridgehead atoms. The van der Waals surface area contributed by atoms with Crippen LogP contribution in [0.15, 0.2) is 67.4 Å². The number of pyridine rings is 3. The molecule has 0 aliphatic rings. The molecule has 0 atom stereocenters. The van der Waals surface area contributed by atoms with Crippen molar-refractivity contribution in [2.75, 3.05) is 5.32 Å². The maximum atomic E-state index is 9.20. The van der Waals surface area contributed by atoms with E-state index in [1.807, 2.05) is 47.3 Å². The lowest BCUT2D eigenvalue weighted by Gasteiger charge is -2.02. The summed E-state index contributed by atoms with van der Waals surface area (Å²) in [7, 11) is 0. The van der Waals surface area contributed by atoms with Crippen LogP contribution in [0.25, 0.3) is 16.8 Å². The summed E-state index contributed by atoms with van der Waals surface area (Å²) < 4.78 is 1.96. The Bertz CT molecular complexity index is 981. The van der Waals surface area contributed by atoms with Crippen LogP contribution in [-0.2, 0) is 6.61 Å². The van der Waals surface area contributed by atoms with E-state index in [1.165, 1.54) is 0 Å². The number of aliphatic hydroxyl groups is 1. The van der Waals surface area contributed by atoms with Gasteiger partial charge < -0.3 is 14.8 Å². The molecule has 0 aliphatic heterocycles. The largest absolute Gasteiger partial charge is 0.392 e. The van der Waals surface area contributed by atoms with Crippen molar-refractivity contribution in [1.82, 2.24) is 19.4 Å². The number of fused-ring (bicyclic) bond motifs is 1. The van der Waals surface area contributed by atoms with Gasteiger partial charge in [0.1, 0.15) is 11.5 Å². The second kappa shape index (κ2) is 6.10. The van der Waals surface area contributed by atoms with Crippen molar-refractivity contribution in [3.8, 4) is 11.1 Å². The van der Waals surface area contributed by atoms with Gasteiger partial charge >= 0.3 is 0 Å². The smallest absolute Gasteiger partial charge is 0.150 e. The molecule has 0 aliphatic carbocycles. The van der Waals surface area contributed by atoms with Gasteiger partial charge in [0.15, 0.2) is 5.82 Å². The number of aromatic nitrogens is 4. The fourth-order valence-corrected chi connectivity index (χ4v) is 2.53. The molecule has 24 heavy (non-hydrogen) atoms. The molecule has 0 radical (unpaired) electrons. The van der Waals surface area contributed by atoms with Crippen LogP contribution in [0.1, 0.15) is 5.56 Å². The summed E-state index contributed by atoms with van der Waals surface area (Å²) in [6.07, 6.45) is 9.17. The number of nitrogens with one attached hydrogen (secondary N) is 1. The number of imidazole rings is 1. The first-order chi connectivity index (χ1) is 11.8. The molecule has 0 unspecified atom stereocenters. The quantitative estimate of drug-likeness (QED) is 0.605. The van der Waals surface area contributed by atoms with Gasteiger partial charge in [0.25, 0.3) is 0 Å². The second-order valence-corrected chi connectivity index (χ2v) is 5.38. The zero-order valence-electron chi connectivity index (χ0n) is 12.8. The minimum absolute atomic E-state index is 0.0170. The van der Waals surface area contributed by atoms with E-state index in [9.17, 15) is 5.11 Å². The van der Waals surface area contributed by atoms with Crippen molar-refractivity contribution in [1.29, 1.82) is 0 Å². The van der Waals surface area contributed by atoms with Crippen molar-refractivity contribution in [3.63, 3.8) is 0 Å². The number of hydrogen-bond donors (Lipinski definition) is 2. The summed E-state index contributed by atoms with van der Waals surface area (Å²) in [6.45, 7) is -0.0170. The molecule has 0 spiro atoms. The zero-order valence-corrected chi connectivity index (χ0v) is 12.8. The normalized spacial score (nSPS) is 10.9. The highest BCUT2D eigenvalue weighted by Crippen LogP contribution is 2.21. The van der Waals surface area contributed by atoms with Gasteiger partial charge in [-0.3, -0.25) is 4.98 Å². The lowest BCUT2D eigenvalue weighted by molar-refractivity contribution is 0.282. The highest BCUT2D eigenvalue weighted by atomic mass is 16.3. The Labute approximate surface area is 138 Å². The summed E-state index contributed by atoms with van der Waals surface area (Å²) in [5.41, 5.74) is 3.76. The van der Waals surface area contributed by atoms with E-state index >= 15 is 0 Å². The number of nitrogens with zero attached hydrogens (tertiary/aromatic N) is 4. The Morgan fingerprint density at radius 2 is 1.96 bits per heavy atom. The van der Waals surface area contributed by atoms with Gasteiger partial charge in [-0.15, -0.1) is 0 Å². The van der Waals surface area contributed by atoms with Crippen LogP contribution < -0.4 is 5.32 Å². The standard InChI is InChI=1S/C18H15N5O/c24-12-13-5-7-20-16(8-13)21-17-11-23-10-15(3-4-18(23)22-17)14-2-1-6-19-9-14/h1-11,24H,12H2,(H,20,21). The minimum Gasteiger partial charge on any atom is -0.392 e. The molecule has 118 valence electrons. The van der Waals surface area contributed by atoms with Gasteiger partial charge in [0, 0.05) is 30.4 Å². The number of hydrogen-bond acceptors (Lipinski definition) is 5. The summed E-state index contributed by atoms with van der Waals surface area (Å²) in [5.74, 6) is 1.35. The second-order valence-electron chi connectivity index (χ2n) is 5.38. The topological polar surface area (TPSA) is 75.3 Å². The number of aliphatic hydroxyl groups excluding tert-OH is 1. The molecule has 6 heteroatoms. The number of rotatable bonds is 4. The Hall–Kier alpha value is -3.25. The monoisotopic (exact) mass is 317 g/mol. The average Bonchev–Trinajstić information content (AvgIpc) is 3.04. The summed E-state index contributed by atoms with van der Waals surface area (Å²) in [5, 5.41) is 12.4. The van der Waals surface area contributed by atoms with Gasteiger partial charge in [-0.05, 0) is 41.5 Å². The maximum absolute atomic E-state index is 9.20. The highest BCUT2D eigenvalue weighted by Gasteiger charge is 2.05. The lowest BCUT2D eigenvalue weighted by Crippen LogP contribution is -1.95. The Balaban J connectivity index is 1.65. The predicted octanol–water partition coefficient (Wildman–Crippen LogP) is 3.03. The minimum atomic E-state index is -0.0170. The van der Waals surface area contributed by atoms with Crippen molar-refractivity contribution >= 4 is 17.3 Å². The Morgan fingerprint density at radius 1 is 1.00 bits per heavy atom. The summed E-state index contributed by atoms with van der Waals surface area (Å²) in [6, 6.07) is 11.5. The van der Waals surface area contributed by atoms with E-state index in [-0.39, 0.29) is 6.61 Å². The molecule has 4 heterocycles. The van der Waals surface area contributed by atoms with Crippen LogP contribution in [0, 0.1) is 0 Å². The van der Waals surface area contributed by atoms with Crippen LogP contribution in [0.5, 0.6) is 0 Å². The molecular weight excluding hydrogens is 302 g/mol. The predicted molar refractivity (Wildman–Crippen MR) is 91.9 cm³/mol. The highest BCUT2D eigenvalue weighted by molar-refractivity contribution is 5.65. The average molecular weight is 317 g/mol. The van der Waals surface area contributed by atoms with Gasteiger partial charge in [-0.1, -0.05) is 6.07 Å². The van der Waals surface area contributed by atoms with Gasteiger partial charge in [-0.25, -0.2) is 9.97 Å². The fourth-order valence-electron chi connectivity index (χ4n) is 2.53.